The quantitative estimate of drug-likeness (QED) is 0.767. The van der Waals surface area contributed by atoms with Gasteiger partial charge in [0.1, 0.15) is 0 Å². The molecule has 0 fully saturated rings. The van der Waals surface area contributed by atoms with E-state index in [4.69, 9.17) is 5.11 Å². The highest BCUT2D eigenvalue weighted by Crippen LogP contribution is 2.25. The third-order valence-electron chi connectivity index (χ3n) is 3.38. The van der Waals surface area contributed by atoms with Crippen LogP contribution in [-0.4, -0.2) is 23.7 Å². The molecule has 3 N–H and O–H groups in total. The average molecular weight is 343 g/mol. The summed E-state index contributed by atoms with van der Waals surface area (Å²) < 4.78 is 0.812. The maximum absolute atomic E-state index is 11.8. The Kier molecular flexibility index (Phi) is 5.56. The number of carboxylic acid groups (broad SMARTS) is 1. The van der Waals surface area contributed by atoms with Gasteiger partial charge in [0.15, 0.2) is 0 Å². The molecule has 1 aromatic carbocycles. The van der Waals surface area contributed by atoms with Crippen LogP contribution in [0.15, 0.2) is 22.7 Å². The zero-order chi connectivity index (χ0) is 15.3. The first-order valence-corrected chi connectivity index (χ1v) is 7.13. The lowest BCUT2D eigenvalue weighted by atomic mass is 9.88. The van der Waals surface area contributed by atoms with Crippen molar-refractivity contribution in [1.82, 2.24) is 5.32 Å². The standard InChI is InChI=1S/C14H19BrN2O3/c1-4-14(3,12(18)19)8-16-13(20)17-10-7-5-6-9(2)11(10)15/h5-7H,4,8H2,1-3H3,(H,18,19)(H2,16,17,20). The van der Waals surface area contributed by atoms with Crippen LogP contribution in [0.2, 0.25) is 0 Å². The molecule has 2 amide bonds. The molecule has 110 valence electrons. The molecule has 6 heteroatoms. The Morgan fingerprint density at radius 2 is 2.05 bits per heavy atom. The summed E-state index contributed by atoms with van der Waals surface area (Å²) in [5.74, 6) is -0.919. The predicted molar refractivity (Wildman–Crippen MR) is 81.9 cm³/mol. The van der Waals surface area contributed by atoms with Crippen molar-refractivity contribution in [1.29, 1.82) is 0 Å². The molecular weight excluding hydrogens is 324 g/mol. The van der Waals surface area contributed by atoms with E-state index in [1.54, 1.807) is 19.9 Å². The van der Waals surface area contributed by atoms with Gasteiger partial charge in [0.05, 0.1) is 11.1 Å². The van der Waals surface area contributed by atoms with Crippen molar-refractivity contribution < 1.29 is 14.7 Å². The summed E-state index contributed by atoms with van der Waals surface area (Å²) in [4.78, 5) is 23.0. The highest BCUT2D eigenvalue weighted by atomic mass is 79.9. The maximum atomic E-state index is 11.8. The molecule has 0 aliphatic rings. The number of aliphatic carboxylic acids is 1. The van der Waals surface area contributed by atoms with Gasteiger partial charge in [0.25, 0.3) is 0 Å². The summed E-state index contributed by atoms with van der Waals surface area (Å²) in [6, 6.07) is 5.11. The van der Waals surface area contributed by atoms with Gasteiger partial charge in [0.2, 0.25) is 0 Å². The molecule has 1 unspecified atom stereocenters. The number of anilines is 1. The molecule has 1 aromatic rings. The normalized spacial score (nSPS) is 13.4. The number of carbonyl (C=O) groups is 2. The number of aryl methyl sites for hydroxylation is 1. The highest BCUT2D eigenvalue weighted by Gasteiger charge is 2.31. The third-order valence-corrected chi connectivity index (χ3v) is 4.43. The zero-order valence-corrected chi connectivity index (χ0v) is 13.4. The number of carboxylic acids is 1. The van der Waals surface area contributed by atoms with Crippen molar-refractivity contribution in [2.24, 2.45) is 5.41 Å². The van der Waals surface area contributed by atoms with Gasteiger partial charge >= 0.3 is 12.0 Å². The largest absolute Gasteiger partial charge is 0.481 e. The van der Waals surface area contributed by atoms with Crippen LogP contribution < -0.4 is 10.6 Å². The van der Waals surface area contributed by atoms with Gasteiger partial charge in [-0.15, -0.1) is 0 Å². The second-order valence-corrected chi connectivity index (χ2v) is 5.76. The Morgan fingerprint density at radius 3 is 2.60 bits per heavy atom. The minimum atomic E-state index is -0.957. The lowest BCUT2D eigenvalue weighted by molar-refractivity contribution is -0.147. The highest BCUT2D eigenvalue weighted by molar-refractivity contribution is 9.10. The van der Waals surface area contributed by atoms with Gasteiger partial charge in [-0.25, -0.2) is 4.79 Å². The summed E-state index contributed by atoms with van der Waals surface area (Å²) >= 11 is 3.40. The zero-order valence-electron chi connectivity index (χ0n) is 11.8. The summed E-state index contributed by atoms with van der Waals surface area (Å²) in [5.41, 5.74) is 0.698. The SMILES string of the molecule is CCC(C)(CNC(=O)Nc1cccc(C)c1Br)C(=O)O. The summed E-state index contributed by atoms with van der Waals surface area (Å²) in [6.45, 7) is 5.39. The molecule has 0 spiro atoms. The first-order chi connectivity index (χ1) is 9.30. The molecule has 0 aromatic heterocycles. The Bertz CT molecular complexity index is 519. The first-order valence-electron chi connectivity index (χ1n) is 6.33. The predicted octanol–water partition coefficient (Wildman–Crippen LogP) is 3.38. The van der Waals surface area contributed by atoms with Crippen LogP contribution in [0.3, 0.4) is 0 Å². The second kappa shape index (κ2) is 6.74. The fourth-order valence-corrected chi connectivity index (χ4v) is 1.90. The van der Waals surface area contributed by atoms with E-state index in [1.807, 2.05) is 19.1 Å². The molecule has 1 rings (SSSR count). The number of hydrogen-bond acceptors (Lipinski definition) is 2. The van der Waals surface area contributed by atoms with Crippen molar-refractivity contribution in [2.45, 2.75) is 27.2 Å². The molecular formula is C14H19BrN2O3. The molecule has 20 heavy (non-hydrogen) atoms. The minimum Gasteiger partial charge on any atom is -0.481 e. The number of nitrogens with one attached hydrogen (secondary N) is 2. The number of halogens is 1. The topological polar surface area (TPSA) is 78.4 Å². The van der Waals surface area contributed by atoms with Crippen LogP contribution in [0.5, 0.6) is 0 Å². The van der Waals surface area contributed by atoms with Gasteiger partial charge in [-0.2, -0.15) is 0 Å². The third kappa shape index (κ3) is 3.96. The molecule has 0 radical (unpaired) electrons. The van der Waals surface area contributed by atoms with Gasteiger partial charge in [-0.05, 0) is 47.8 Å². The summed E-state index contributed by atoms with van der Waals surface area (Å²) in [6.07, 6.45) is 0.441. The van der Waals surface area contributed by atoms with Crippen LogP contribution >= 0.6 is 15.9 Å². The van der Waals surface area contributed by atoms with E-state index in [0.29, 0.717) is 12.1 Å². The number of carbonyl (C=O) groups excluding carboxylic acids is 1. The van der Waals surface area contributed by atoms with Crippen LogP contribution in [0.25, 0.3) is 0 Å². The van der Waals surface area contributed by atoms with E-state index in [2.05, 4.69) is 26.6 Å². The van der Waals surface area contributed by atoms with Gasteiger partial charge in [-0.3, -0.25) is 4.79 Å². The van der Waals surface area contributed by atoms with Crippen LogP contribution in [0, 0.1) is 12.3 Å². The van der Waals surface area contributed by atoms with Crippen molar-refractivity contribution in [3.05, 3.63) is 28.2 Å². The smallest absolute Gasteiger partial charge is 0.319 e. The van der Waals surface area contributed by atoms with E-state index in [0.717, 1.165) is 10.0 Å². The molecule has 5 nitrogen and oxygen atoms in total. The van der Waals surface area contributed by atoms with E-state index in [-0.39, 0.29) is 6.54 Å². The fourth-order valence-electron chi connectivity index (χ4n) is 1.54. The fraction of sp³-hybridized carbons (Fsp3) is 0.429. The Labute approximate surface area is 126 Å². The number of hydrogen-bond donors (Lipinski definition) is 3. The molecule has 0 saturated carbocycles. The first kappa shape index (κ1) is 16.5. The van der Waals surface area contributed by atoms with Gasteiger partial charge in [-0.1, -0.05) is 19.1 Å². The van der Waals surface area contributed by atoms with E-state index < -0.39 is 17.4 Å². The molecule has 0 saturated heterocycles. The van der Waals surface area contributed by atoms with Gasteiger partial charge < -0.3 is 15.7 Å². The van der Waals surface area contributed by atoms with Crippen molar-refractivity contribution >= 4 is 33.6 Å². The van der Waals surface area contributed by atoms with Crippen molar-refractivity contribution in [3.8, 4) is 0 Å². The molecule has 1 atom stereocenters. The lowest BCUT2D eigenvalue weighted by Crippen LogP contribution is -2.42. The monoisotopic (exact) mass is 342 g/mol. The van der Waals surface area contributed by atoms with E-state index >= 15 is 0 Å². The number of amides is 2. The van der Waals surface area contributed by atoms with E-state index in [9.17, 15) is 9.59 Å². The van der Waals surface area contributed by atoms with Crippen molar-refractivity contribution in [3.63, 3.8) is 0 Å². The summed E-state index contributed by atoms with van der Waals surface area (Å²) in [5, 5.41) is 14.4. The minimum absolute atomic E-state index is 0.0775. The number of urea groups is 1. The van der Waals surface area contributed by atoms with E-state index in [1.165, 1.54) is 0 Å². The number of rotatable bonds is 5. The Morgan fingerprint density at radius 1 is 1.40 bits per heavy atom. The number of benzene rings is 1. The van der Waals surface area contributed by atoms with Crippen LogP contribution in [-0.2, 0) is 4.79 Å². The van der Waals surface area contributed by atoms with Gasteiger partial charge in [0, 0.05) is 11.0 Å². The summed E-state index contributed by atoms with van der Waals surface area (Å²) in [7, 11) is 0. The molecule has 0 aliphatic carbocycles. The Hall–Kier alpha value is -1.56. The average Bonchev–Trinajstić information content (AvgIpc) is 2.41. The Balaban J connectivity index is 2.65. The molecule has 0 bridgehead atoms. The maximum Gasteiger partial charge on any atom is 0.319 e. The lowest BCUT2D eigenvalue weighted by Gasteiger charge is -2.23. The van der Waals surface area contributed by atoms with Crippen molar-refractivity contribution in [2.75, 3.05) is 11.9 Å². The molecule has 0 heterocycles. The second-order valence-electron chi connectivity index (χ2n) is 4.96. The van der Waals surface area contributed by atoms with Crippen LogP contribution in [0.4, 0.5) is 10.5 Å². The molecule has 0 aliphatic heterocycles. The van der Waals surface area contributed by atoms with Crippen LogP contribution in [0.1, 0.15) is 25.8 Å².